The summed E-state index contributed by atoms with van der Waals surface area (Å²) in [5.74, 6) is 1.59. The quantitative estimate of drug-likeness (QED) is 0.315. The van der Waals surface area contributed by atoms with Gasteiger partial charge in [0.2, 0.25) is 0 Å². The van der Waals surface area contributed by atoms with Gasteiger partial charge in [0.25, 0.3) is 0 Å². The molecule has 1 N–H and O–H groups in total. The van der Waals surface area contributed by atoms with E-state index in [0.717, 1.165) is 48.9 Å². The summed E-state index contributed by atoms with van der Waals surface area (Å²) in [7, 11) is 0. The third-order valence-electron chi connectivity index (χ3n) is 6.78. The molecule has 2 aromatic carbocycles. The third kappa shape index (κ3) is 4.59. The molecule has 182 valence electrons. The van der Waals surface area contributed by atoms with E-state index in [1.165, 1.54) is 5.69 Å². The van der Waals surface area contributed by atoms with Gasteiger partial charge in [-0.2, -0.15) is 0 Å². The van der Waals surface area contributed by atoms with E-state index in [2.05, 4.69) is 56.3 Å². The van der Waals surface area contributed by atoms with Crippen LogP contribution in [-0.4, -0.2) is 27.4 Å². The van der Waals surface area contributed by atoms with Crippen LogP contribution in [0.4, 0.5) is 5.69 Å². The Morgan fingerprint density at radius 2 is 1.75 bits per heavy atom. The van der Waals surface area contributed by atoms with Crippen LogP contribution in [0.25, 0.3) is 0 Å². The first-order valence-corrected chi connectivity index (χ1v) is 12.8. The standard InChI is InChI=1S/C29H28N4O2S/c36-29-31-27(25-11-4-5-17-30-25)28(26-12-6-18-32(26)20-24-10-7-19-34-24)33(29)21-13-15-23(16-14-21)35-22-8-2-1-3-9-22/h1-6,8-9,11-18,24,27-28H,7,10,19-20H2,(H,31,36)/t24-,27-,28-/m1/s1. The Balaban J connectivity index is 1.34. The summed E-state index contributed by atoms with van der Waals surface area (Å²) < 4.78 is 14.3. The second-order valence-electron chi connectivity index (χ2n) is 9.13. The second-order valence-corrected chi connectivity index (χ2v) is 9.51. The average Bonchev–Trinajstić information content (AvgIpc) is 3.67. The molecule has 3 atom stereocenters. The topological polar surface area (TPSA) is 51.5 Å². The van der Waals surface area contributed by atoms with Gasteiger partial charge in [-0.15, -0.1) is 0 Å². The number of anilines is 1. The normalized spacial score (nSPS) is 21.5. The van der Waals surface area contributed by atoms with Crippen LogP contribution >= 0.6 is 12.2 Å². The summed E-state index contributed by atoms with van der Waals surface area (Å²) in [6.07, 6.45) is 6.43. The van der Waals surface area contributed by atoms with Crippen molar-refractivity contribution in [3.8, 4) is 11.5 Å². The molecule has 2 saturated heterocycles. The third-order valence-corrected chi connectivity index (χ3v) is 7.10. The van der Waals surface area contributed by atoms with Gasteiger partial charge in [0.1, 0.15) is 17.5 Å². The van der Waals surface area contributed by atoms with Gasteiger partial charge in [-0.3, -0.25) is 4.98 Å². The van der Waals surface area contributed by atoms with Crippen LogP contribution in [0.5, 0.6) is 11.5 Å². The zero-order chi connectivity index (χ0) is 24.3. The molecule has 0 bridgehead atoms. The monoisotopic (exact) mass is 496 g/mol. The number of benzene rings is 2. The van der Waals surface area contributed by atoms with Crippen LogP contribution in [0.3, 0.4) is 0 Å². The number of nitrogens with zero attached hydrogens (tertiary/aromatic N) is 3. The molecule has 7 heteroatoms. The molecule has 2 aliphatic heterocycles. The molecule has 0 spiro atoms. The molecule has 0 radical (unpaired) electrons. The number of nitrogens with one attached hydrogen (secondary N) is 1. The molecule has 36 heavy (non-hydrogen) atoms. The maximum atomic E-state index is 6.01. The number of aromatic nitrogens is 2. The van der Waals surface area contributed by atoms with E-state index in [1.807, 2.05) is 60.8 Å². The number of pyridine rings is 1. The highest BCUT2D eigenvalue weighted by Gasteiger charge is 2.42. The van der Waals surface area contributed by atoms with Crippen LogP contribution in [0, 0.1) is 0 Å². The first kappa shape index (κ1) is 22.8. The lowest BCUT2D eigenvalue weighted by Gasteiger charge is -2.29. The lowest BCUT2D eigenvalue weighted by atomic mass is 10.0. The van der Waals surface area contributed by atoms with E-state index in [0.29, 0.717) is 5.11 Å². The summed E-state index contributed by atoms with van der Waals surface area (Å²) in [5, 5.41) is 4.23. The average molecular weight is 497 g/mol. The minimum absolute atomic E-state index is 0.0651. The fourth-order valence-electron chi connectivity index (χ4n) is 5.10. The molecule has 6 rings (SSSR count). The van der Waals surface area contributed by atoms with E-state index in [9.17, 15) is 0 Å². The van der Waals surface area contributed by atoms with Crippen molar-refractivity contribution < 1.29 is 9.47 Å². The van der Waals surface area contributed by atoms with Gasteiger partial charge in [-0.05, 0) is 85.7 Å². The van der Waals surface area contributed by atoms with Crippen molar-refractivity contribution >= 4 is 23.0 Å². The molecule has 2 fully saturated rings. The van der Waals surface area contributed by atoms with Crippen LogP contribution in [-0.2, 0) is 11.3 Å². The Labute approximate surface area is 216 Å². The highest BCUT2D eigenvalue weighted by molar-refractivity contribution is 7.80. The van der Waals surface area contributed by atoms with Gasteiger partial charge < -0.3 is 24.3 Å². The smallest absolute Gasteiger partial charge is 0.174 e. The van der Waals surface area contributed by atoms with Gasteiger partial charge in [-0.1, -0.05) is 24.3 Å². The minimum atomic E-state index is -0.0860. The summed E-state index contributed by atoms with van der Waals surface area (Å²) in [4.78, 5) is 6.87. The van der Waals surface area contributed by atoms with Crippen LogP contribution < -0.4 is 15.0 Å². The highest BCUT2D eigenvalue weighted by Crippen LogP contribution is 2.42. The zero-order valence-electron chi connectivity index (χ0n) is 19.9. The molecule has 6 nitrogen and oxygen atoms in total. The number of hydrogen-bond acceptors (Lipinski definition) is 4. The first-order valence-electron chi connectivity index (χ1n) is 12.4. The fourth-order valence-corrected chi connectivity index (χ4v) is 5.45. The number of rotatable bonds is 7. The minimum Gasteiger partial charge on any atom is -0.457 e. The predicted molar refractivity (Wildman–Crippen MR) is 144 cm³/mol. The lowest BCUT2D eigenvalue weighted by Crippen LogP contribution is -2.31. The molecule has 0 saturated carbocycles. The van der Waals surface area contributed by atoms with Crippen molar-refractivity contribution in [1.82, 2.24) is 14.9 Å². The summed E-state index contributed by atoms with van der Waals surface area (Å²) >= 11 is 5.90. The van der Waals surface area contributed by atoms with Crippen molar-refractivity contribution in [1.29, 1.82) is 0 Å². The maximum Gasteiger partial charge on any atom is 0.174 e. The number of para-hydroxylation sites is 1. The Morgan fingerprint density at radius 1 is 0.944 bits per heavy atom. The van der Waals surface area contributed by atoms with Gasteiger partial charge >= 0.3 is 0 Å². The number of thiocarbonyl (C=S) groups is 1. The van der Waals surface area contributed by atoms with Crippen LogP contribution in [0.2, 0.25) is 0 Å². The van der Waals surface area contributed by atoms with Crippen LogP contribution in [0.1, 0.15) is 36.3 Å². The first-order chi connectivity index (χ1) is 17.8. The van der Waals surface area contributed by atoms with E-state index in [4.69, 9.17) is 21.7 Å². The molecular formula is C29H28N4O2S. The molecule has 4 heterocycles. The van der Waals surface area contributed by atoms with Crippen molar-refractivity contribution in [2.24, 2.45) is 0 Å². The summed E-state index contributed by atoms with van der Waals surface area (Å²) in [5.41, 5.74) is 3.14. The highest BCUT2D eigenvalue weighted by atomic mass is 32.1. The van der Waals surface area contributed by atoms with E-state index < -0.39 is 0 Å². The van der Waals surface area contributed by atoms with E-state index in [1.54, 1.807) is 0 Å². The Hall–Kier alpha value is -3.68. The molecule has 2 aliphatic rings. The molecule has 0 aliphatic carbocycles. The molecule has 0 amide bonds. The molecule has 0 unspecified atom stereocenters. The van der Waals surface area contributed by atoms with Crippen LogP contribution in [0.15, 0.2) is 97.3 Å². The van der Waals surface area contributed by atoms with Gasteiger partial charge in [0.05, 0.1) is 17.8 Å². The molecule has 2 aromatic heterocycles. The maximum absolute atomic E-state index is 6.01. The van der Waals surface area contributed by atoms with Crippen molar-refractivity contribution in [2.75, 3.05) is 11.5 Å². The Bertz CT molecular complexity index is 1300. The number of ether oxygens (including phenoxy) is 2. The molecule has 4 aromatic rings. The molecular weight excluding hydrogens is 468 g/mol. The fraction of sp³-hybridized carbons (Fsp3) is 0.241. The lowest BCUT2D eigenvalue weighted by molar-refractivity contribution is 0.0961. The van der Waals surface area contributed by atoms with E-state index >= 15 is 0 Å². The Morgan fingerprint density at radius 3 is 2.50 bits per heavy atom. The van der Waals surface area contributed by atoms with Crippen molar-refractivity contribution in [3.05, 3.63) is 109 Å². The summed E-state index contributed by atoms with van der Waals surface area (Å²) in [6.45, 7) is 1.68. The van der Waals surface area contributed by atoms with Crippen molar-refractivity contribution in [2.45, 2.75) is 37.6 Å². The SMILES string of the molecule is S=C1N[C@H](c2ccccn2)[C@@H](c2cccn2C[C@H]2CCCO2)N1c1ccc(Oc2ccccc2)cc1. The number of hydrogen-bond donors (Lipinski definition) is 1. The van der Waals surface area contributed by atoms with Gasteiger partial charge in [-0.25, -0.2) is 0 Å². The van der Waals surface area contributed by atoms with Crippen molar-refractivity contribution in [3.63, 3.8) is 0 Å². The van der Waals surface area contributed by atoms with Gasteiger partial charge in [0, 0.05) is 36.9 Å². The largest absolute Gasteiger partial charge is 0.457 e. The predicted octanol–water partition coefficient (Wildman–Crippen LogP) is 6.03. The Kier molecular flexibility index (Phi) is 6.40. The second kappa shape index (κ2) is 10.1. The zero-order valence-corrected chi connectivity index (χ0v) is 20.7. The summed E-state index contributed by atoms with van der Waals surface area (Å²) in [6, 6.07) is 28.1. The van der Waals surface area contributed by atoms with E-state index in [-0.39, 0.29) is 18.2 Å². The van der Waals surface area contributed by atoms with Gasteiger partial charge in [0.15, 0.2) is 5.11 Å².